The number of esters is 1. The third kappa shape index (κ3) is 3.08. The van der Waals surface area contributed by atoms with Crippen molar-refractivity contribution in [3.05, 3.63) is 41.5 Å². The van der Waals surface area contributed by atoms with Gasteiger partial charge in [0.1, 0.15) is 6.07 Å². The van der Waals surface area contributed by atoms with Gasteiger partial charge < -0.3 is 10.1 Å². The predicted octanol–water partition coefficient (Wildman–Crippen LogP) is 1.70. The Morgan fingerprint density at radius 3 is 2.53 bits per heavy atom. The Kier molecular flexibility index (Phi) is 4.77. The molecule has 1 rings (SSSR count). The van der Waals surface area contributed by atoms with E-state index in [0.29, 0.717) is 5.70 Å². The minimum atomic E-state index is -0.608. The average molecular weight is 230 g/mol. The van der Waals surface area contributed by atoms with Gasteiger partial charge >= 0.3 is 5.97 Å². The Morgan fingerprint density at radius 1 is 1.41 bits per heavy atom. The van der Waals surface area contributed by atoms with Crippen molar-refractivity contribution in [1.82, 2.24) is 5.32 Å². The molecule has 0 spiro atoms. The number of nitrogens with zero attached hydrogens (tertiary/aromatic N) is 1. The van der Waals surface area contributed by atoms with Gasteiger partial charge in [0.15, 0.2) is 5.57 Å². The Morgan fingerprint density at radius 2 is 2.06 bits per heavy atom. The number of carbonyl (C=O) groups excluding carboxylic acids is 1. The van der Waals surface area contributed by atoms with Crippen LogP contribution in [0.3, 0.4) is 0 Å². The summed E-state index contributed by atoms with van der Waals surface area (Å²) in [6.45, 7) is 1.95. The second-order valence-electron chi connectivity index (χ2n) is 3.20. The molecule has 0 heterocycles. The van der Waals surface area contributed by atoms with E-state index in [9.17, 15) is 4.79 Å². The molecule has 17 heavy (non-hydrogen) atoms. The minimum Gasteiger partial charge on any atom is -0.462 e. The van der Waals surface area contributed by atoms with Crippen LogP contribution >= 0.6 is 0 Å². The van der Waals surface area contributed by atoms with E-state index in [0.717, 1.165) is 5.56 Å². The first-order valence-corrected chi connectivity index (χ1v) is 5.29. The van der Waals surface area contributed by atoms with Gasteiger partial charge in [-0.25, -0.2) is 4.79 Å². The van der Waals surface area contributed by atoms with Crippen molar-refractivity contribution in [2.24, 2.45) is 0 Å². The number of rotatable bonds is 4. The van der Waals surface area contributed by atoms with Crippen LogP contribution in [0.2, 0.25) is 0 Å². The number of hydrogen-bond donors (Lipinski definition) is 1. The van der Waals surface area contributed by atoms with E-state index in [-0.39, 0.29) is 12.2 Å². The Labute approximate surface area is 101 Å². The van der Waals surface area contributed by atoms with Crippen LogP contribution in [0.1, 0.15) is 12.5 Å². The largest absolute Gasteiger partial charge is 0.462 e. The minimum absolute atomic E-state index is 0.0134. The highest BCUT2D eigenvalue weighted by atomic mass is 16.5. The molecule has 0 fully saturated rings. The zero-order valence-electron chi connectivity index (χ0n) is 9.86. The van der Waals surface area contributed by atoms with Gasteiger partial charge in [-0.2, -0.15) is 5.26 Å². The fraction of sp³-hybridized carbons (Fsp3) is 0.231. The lowest BCUT2D eigenvalue weighted by Gasteiger charge is -2.09. The maximum atomic E-state index is 11.6. The number of nitrogens with one attached hydrogen (secondary N) is 1. The van der Waals surface area contributed by atoms with Gasteiger partial charge in [0.2, 0.25) is 0 Å². The molecule has 0 saturated carbocycles. The fourth-order valence-electron chi connectivity index (χ4n) is 1.43. The van der Waals surface area contributed by atoms with Crippen molar-refractivity contribution in [3.8, 4) is 6.07 Å². The number of carbonyl (C=O) groups is 1. The molecule has 0 aliphatic heterocycles. The van der Waals surface area contributed by atoms with Crippen molar-refractivity contribution >= 4 is 11.7 Å². The van der Waals surface area contributed by atoms with Crippen molar-refractivity contribution in [2.75, 3.05) is 13.7 Å². The second kappa shape index (κ2) is 6.33. The normalized spacial score (nSPS) is 11.1. The van der Waals surface area contributed by atoms with Crippen LogP contribution in [-0.4, -0.2) is 19.6 Å². The molecule has 0 saturated heterocycles. The van der Waals surface area contributed by atoms with Gasteiger partial charge in [0.25, 0.3) is 0 Å². The van der Waals surface area contributed by atoms with Gasteiger partial charge in [-0.1, -0.05) is 30.3 Å². The first-order chi connectivity index (χ1) is 8.24. The summed E-state index contributed by atoms with van der Waals surface area (Å²) in [5.41, 5.74) is 1.24. The molecule has 1 aromatic carbocycles. The molecule has 4 heteroatoms. The zero-order valence-corrected chi connectivity index (χ0v) is 9.86. The van der Waals surface area contributed by atoms with Gasteiger partial charge in [-0.3, -0.25) is 0 Å². The summed E-state index contributed by atoms with van der Waals surface area (Å²) >= 11 is 0. The topological polar surface area (TPSA) is 62.1 Å². The average Bonchev–Trinajstić information content (AvgIpc) is 2.37. The van der Waals surface area contributed by atoms with Gasteiger partial charge in [-0.15, -0.1) is 0 Å². The lowest BCUT2D eigenvalue weighted by molar-refractivity contribution is -0.137. The van der Waals surface area contributed by atoms with E-state index >= 15 is 0 Å². The quantitative estimate of drug-likeness (QED) is 0.486. The molecule has 0 unspecified atom stereocenters. The molecule has 0 radical (unpaired) electrons. The van der Waals surface area contributed by atoms with Crippen LogP contribution in [0.25, 0.3) is 5.70 Å². The highest BCUT2D eigenvalue weighted by Gasteiger charge is 2.16. The molecule has 0 bridgehead atoms. The third-order valence-electron chi connectivity index (χ3n) is 2.15. The summed E-state index contributed by atoms with van der Waals surface area (Å²) in [5.74, 6) is -0.608. The van der Waals surface area contributed by atoms with E-state index in [1.807, 2.05) is 36.4 Å². The summed E-state index contributed by atoms with van der Waals surface area (Å²) in [5, 5.41) is 11.9. The smallest absolute Gasteiger partial charge is 0.351 e. The van der Waals surface area contributed by atoms with Crippen LogP contribution in [0.15, 0.2) is 35.9 Å². The molecule has 4 nitrogen and oxygen atoms in total. The fourth-order valence-corrected chi connectivity index (χ4v) is 1.43. The highest BCUT2D eigenvalue weighted by Crippen LogP contribution is 2.16. The van der Waals surface area contributed by atoms with E-state index < -0.39 is 5.97 Å². The van der Waals surface area contributed by atoms with Crippen molar-refractivity contribution < 1.29 is 9.53 Å². The highest BCUT2D eigenvalue weighted by molar-refractivity contribution is 6.01. The third-order valence-corrected chi connectivity index (χ3v) is 2.15. The van der Waals surface area contributed by atoms with Crippen molar-refractivity contribution in [2.45, 2.75) is 6.92 Å². The molecular weight excluding hydrogens is 216 g/mol. The summed E-state index contributed by atoms with van der Waals surface area (Å²) in [4.78, 5) is 11.6. The molecule has 1 N–H and O–H groups in total. The van der Waals surface area contributed by atoms with Crippen molar-refractivity contribution in [1.29, 1.82) is 5.26 Å². The Hall–Kier alpha value is -2.28. The summed E-state index contributed by atoms with van der Waals surface area (Å²) in [6.07, 6.45) is 0. The molecule has 0 atom stereocenters. The van der Waals surface area contributed by atoms with Gasteiger partial charge in [0, 0.05) is 7.05 Å². The standard InChI is InChI=1S/C13H14N2O2/c1-3-17-13(16)11(9-14)12(15-2)10-7-5-4-6-8-10/h4-8,15H,3H2,1-2H3/b12-11-. The number of nitriles is 1. The molecule has 0 aliphatic rings. The Balaban J connectivity index is 3.21. The Bertz CT molecular complexity index is 458. The molecule has 88 valence electrons. The maximum absolute atomic E-state index is 11.6. The first-order valence-electron chi connectivity index (χ1n) is 5.29. The maximum Gasteiger partial charge on any atom is 0.351 e. The lowest BCUT2D eigenvalue weighted by Crippen LogP contribution is -2.15. The first kappa shape index (κ1) is 12.8. The van der Waals surface area contributed by atoms with E-state index in [2.05, 4.69) is 5.32 Å². The van der Waals surface area contributed by atoms with Crippen LogP contribution < -0.4 is 5.32 Å². The van der Waals surface area contributed by atoms with Crippen LogP contribution in [0.4, 0.5) is 0 Å². The number of ether oxygens (including phenoxy) is 1. The summed E-state index contributed by atoms with van der Waals surface area (Å²) in [7, 11) is 1.67. The summed E-state index contributed by atoms with van der Waals surface area (Å²) < 4.78 is 4.84. The van der Waals surface area contributed by atoms with E-state index in [1.165, 1.54) is 0 Å². The summed E-state index contributed by atoms with van der Waals surface area (Å²) in [6, 6.07) is 11.1. The molecule has 0 amide bonds. The predicted molar refractivity (Wildman–Crippen MR) is 64.7 cm³/mol. The SMILES string of the molecule is CCOC(=O)/C(C#N)=C(\NC)c1ccccc1. The monoisotopic (exact) mass is 230 g/mol. The molecule has 1 aromatic rings. The molecule has 0 aromatic heterocycles. The van der Waals surface area contributed by atoms with E-state index in [1.54, 1.807) is 14.0 Å². The number of benzene rings is 1. The second-order valence-corrected chi connectivity index (χ2v) is 3.20. The molecule has 0 aliphatic carbocycles. The van der Waals surface area contributed by atoms with Gasteiger partial charge in [-0.05, 0) is 12.5 Å². The zero-order chi connectivity index (χ0) is 12.7. The van der Waals surface area contributed by atoms with Gasteiger partial charge in [0.05, 0.1) is 12.3 Å². The van der Waals surface area contributed by atoms with Crippen LogP contribution in [-0.2, 0) is 9.53 Å². The van der Waals surface area contributed by atoms with Crippen LogP contribution in [0.5, 0.6) is 0 Å². The van der Waals surface area contributed by atoms with Crippen molar-refractivity contribution in [3.63, 3.8) is 0 Å². The lowest BCUT2D eigenvalue weighted by atomic mass is 10.1. The number of hydrogen-bond acceptors (Lipinski definition) is 4. The molecular formula is C13H14N2O2. The van der Waals surface area contributed by atoms with E-state index in [4.69, 9.17) is 10.00 Å². The van der Waals surface area contributed by atoms with Crippen LogP contribution in [0, 0.1) is 11.3 Å².